The first-order valence-electron chi connectivity index (χ1n) is 8.25. The average Bonchev–Trinajstić information content (AvgIpc) is 3.04. The predicted octanol–water partition coefficient (Wildman–Crippen LogP) is 2.59. The van der Waals surface area contributed by atoms with E-state index >= 15 is 0 Å². The minimum atomic E-state index is -0.463. The van der Waals surface area contributed by atoms with Crippen LogP contribution in [0.1, 0.15) is 16.1 Å². The van der Waals surface area contributed by atoms with Gasteiger partial charge in [0.05, 0.1) is 6.54 Å². The highest BCUT2D eigenvalue weighted by atomic mass is 35.5. The SMILES string of the molecule is Nc1c(C(=O)Nc2ccc3c(c2)OCCO3)nnn1Cc1ccccc1Cl. The molecular formula is C18H16ClN5O3. The highest BCUT2D eigenvalue weighted by Gasteiger charge is 2.19. The molecule has 1 aliphatic heterocycles. The number of nitrogen functional groups attached to an aromatic ring is 1. The zero-order valence-corrected chi connectivity index (χ0v) is 14.9. The van der Waals surface area contributed by atoms with Crippen LogP contribution >= 0.6 is 11.6 Å². The van der Waals surface area contributed by atoms with Gasteiger partial charge in [0, 0.05) is 16.8 Å². The molecule has 2 aromatic carbocycles. The Morgan fingerprint density at radius 3 is 2.78 bits per heavy atom. The summed E-state index contributed by atoms with van der Waals surface area (Å²) in [6, 6.07) is 12.5. The van der Waals surface area contributed by atoms with Crippen molar-refractivity contribution in [3.8, 4) is 11.5 Å². The lowest BCUT2D eigenvalue weighted by atomic mass is 10.2. The number of anilines is 2. The molecule has 3 N–H and O–H groups in total. The first-order chi connectivity index (χ1) is 13.1. The molecule has 8 nitrogen and oxygen atoms in total. The van der Waals surface area contributed by atoms with E-state index < -0.39 is 5.91 Å². The zero-order valence-electron chi connectivity index (χ0n) is 14.2. The van der Waals surface area contributed by atoms with Crippen LogP contribution in [0.15, 0.2) is 42.5 Å². The van der Waals surface area contributed by atoms with Gasteiger partial charge in [-0.2, -0.15) is 0 Å². The molecule has 0 fully saturated rings. The standard InChI is InChI=1S/C18H16ClN5O3/c19-13-4-2-1-3-11(13)10-24-17(20)16(22-23-24)18(25)21-12-5-6-14-15(9-12)27-8-7-26-14/h1-6,9H,7-8,10,20H2,(H,21,25). The minimum absolute atomic E-state index is 0.0388. The van der Waals surface area contributed by atoms with Gasteiger partial charge in [0.15, 0.2) is 23.0 Å². The van der Waals surface area contributed by atoms with Gasteiger partial charge >= 0.3 is 0 Å². The molecule has 1 amide bonds. The fourth-order valence-corrected chi connectivity index (χ4v) is 2.89. The molecule has 0 bridgehead atoms. The van der Waals surface area contributed by atoms with Crippen LogP contribution in [0.4, 0.5) is 11.5 Å². The van der Waals surface area contributed by atoms with Crippen molar-refractivity contribution in [2.75, 3.05) is 24.3 Å². The van der Waals surface area contributed by atoms with Crippen LogP contribution in [0, 0.1) is 0 Å². The number of rotatable bonds is 4. The number of ether oxygens (including phenoxy) is 2. The molecule has 2 heterocycles. The smallest absolute Gasteiger partial charge is 0.280 e. The Morgan fingerprint density at radius 2 is 1.96 bits per heavy atom. The minimum Gasteiger partial charge on any atom is -0.486 e. The molecule has 0 spiro atoms. The fraction of sp³-hybridized carbons (Fsp3) is 0.167. The quantitative estimate of drug-likeness (QED) is 0.715. The Balaban J connectivity index is 1.51. The van der Waals surface area contributed by atoms with Crippen LogP contribution in [0.2, 0.25) is 5.02 Å². The second kappa shape index (κ2) is 7.16. The summed E-state index contributed by atoms with van der Waals surface area (Å²) >= 11 is 6.16. The van der Waals surface area contributed by atoms with E-state index in [1.54, 1.807) is 24.3 Å². The third-order valence-electron chi connectivity index (χ3n) is 4.07. The van der Waals surface area contributed by atoms with Crippen molar-refractivity contribution in [1.82, 2.24) is 15.0 Å². The molecule has 0 radical (unpaired) electrons. The predicted molar refractivity (Wildman–Crippen MR) is 100 cm³/mol. The zero-order chi connectivity index (χ0) is 18.8. The maximum absolute atomic E-state index is 12.5. The number of aromatic nitrogens is 3. The largest absolute Gasteiger partial charge is 0.486 e. The summed E-state index contributed by atoms with van der Waals surface area (Å²) < 4.78 is 12.4. The lowest BCUT2D eigenvalue weighted by Gasteiger charge is -2.18. The third kappa shape index (κ3) is 3.52. The molecule has 9 heteroatoms. The Labute approximate surface area is 159 Å². The molecule has 0 unspecified atom stereocenters. The molecule has 0 aliphatic carbocycles. The molecule has 3 aromatic rings. The summed E-state index contributed by atoms with van der Waals surface area (Å²) in [5.41, 5.74) is 7.47. The molecule has 0 atom stereocenters. The molecule has 1 aromatic heterocycles. The molecule has 4 rings (SSSR count). The summed E-state index contributed by atoms with van der Waals surface area (Å²) in [6.07, 6.45) is 0. The second-order valence-electron chi connectivity index (χ2n) is 5.88. The molecule has 0 saturated heterocycles. The Morgan fingerprint density at radius 1 is 1.19 bits per heavy atom. The Bertz CT molecular complexity index is 1000. The summed E-state index contributed by atoms with van der Waals surface area (Å²) in [5.74, 6) is 0.915. The van der Waals surface area contributed by atoms with Crippen molar-refractivity contribution < 1.29 is 14.3 Å². The number of hydrogen-bond donors (Lipinski definition) is 2. The fourth-order valence-electron chi connectivity index (χ4n) is 2.70. The number of carbonyl (C=O) groups excluding carboxylic acids is 1. The highest BCUT2D eigenvalue weighted by Crippen LogP contribution is 2.32. The topological polar surface area (TPSA) is 104 Å². The van der Waals surface area contributed by atoms with Crippen LogP contribution in [0.3, 0.4) is 0 Å². The van der Waals surface area contributed by atoms with Crippen molar-refractivity contribution in [3.05, 3.63) is 58.7 Å². The van der Waals surface area contributed by atoms with Gasteiger partial charge in [0.2, 0.25) is 0 Å². The van der Waals surface area contributed by atoms with Crippen LogP contribution in [-0.4, -0.2) is 34.1 Å². The number of carbonyl (C=O) groups is 1. The van der Waals surface area contributed by atoms with Crippen molar-refractivity contribution in [3.63, 3.8) is 0 Å². The van der Waals surface area contributed by atoms with Crippen LogP contribution in [0.25, 0.3) is 0 Å². The van der Waals surface area contributed by atoms with Crippen molar-refractivity contribution in [2.45, 2.75) is 6.54 Å². The van der Waals surface area contributed by atoms with Crippen molar-refractivity contribution in [2.24, 2.45) is 0 Å². The molecular weight excluding hydrogens is 370 g/mol. The van der Waals surface area contributed by atoms with Crippen molar-refractivity contribution in [1.29, 1.82) is 0 Å². The van der Waals surface area contributed by atoms with Crippen LogP contribution < -0.4 is 20.5 Å². The van der Waals surface area contributed by atoms with Crippen LogP contribution in [0.5, 0.6) is 11.5 Å². The average molecular weight is 386 g/mol. The first kappa shape index (κ1) is 17.2. The van der Waals surface area contributed by atoms with E-state index in [2.05, 4.69) is 15.6 Å². The van der Waals surface area contributed by atoms with Crippen LogP contribution in [-0.2, 0) is 6.54 Å². The van der Waals surface area contributed by atoms with Gasteiger partial charge in [-0.25, -0.2) is 4.68 Å². The van der Waals surface area contributed by atoms with E-state index in [4.69, 9.17) is 26.8 Å². The summed E-state index contributed by atoms with van der Waals surface area (Å²) in [4.78, 5) is 12.5. The van der Waals surface area contributed by atoms with Crippen molar-refractivity contribution >= 4 is 29.0 Å². The lowest BCUT2D eigenvalue weighted by molar-refractivity contribution is 0.102. The van der Waals surface area contributed by atoms with Gasteiger partial charge < -0.3 is 20.5 Å². The van der Waals surface area contributed by atoms with E-state index in [1.165, 1.54) is 4.68 Å². The first-order valence-corrected chi connectivity index (χ1v) is 8.63. The van der Waals surface area contributed by atoms with E-state index in [0.29, 0.717) is 42.0 Å². The second-order valence-corrected chi connectivity index (χ2v) is 6.29. The molecule has 27 heavy (non-hydrogen) atoms. The normalized spacial score (nSPS) is 12.6. The third-order valence-corrected chi connectivity index (χ3v) is 4.44. The molecule has 1 aliphatic rings. The van der Waals surface area contributed by atoms with E-state index in [-0.39, 0.29) is 11.5 Å². The monoisotopic (exact) mass is 385 g/mol. The lowest BCUT2D eigenvalue weighted by Crippen LogP contribution is -2.17. The van der Waals surface area contributed by atoms with E-state index in [9.17, 15) is 4.79 Å². The summed E-state index contributed by atoms with van der Waals surface area (Å²) in [6.45, 7) is 1.29. The number of hydrogen-bond acceptors (Lipinski definition) is 6. The number of nitrogens with zero attached hydrogens (tertiary/aromatic N) is 3. The number of fused-ring (bicyclic) bond motifs is 1. The number of halogens is 1. The van der Waals surface area contributed by atoms with E-state index in [1.807, 2.05) is 18.2 Å². The molecule has 138 valence electrons. The van der Waals surface area contributed by atoms with Gasteiger partial charge in [0.1, 0.15) is 13.2 Å². The maximum atomic E-state index is 12.5. The van der Waals surface area contributed by atoms with Gasteiger partial charge in [0.25, 0.3) is 5.91 Å². The van der Waals surface area contributed by atoms with Gasteiger partial charge in [-0.3, -0.25) is 4.79 Å². The maximum Gasteiger partial charge on any atom is 0.280 e. The Hall–Kier alpha value is -3.26. The van der Waals surface area contributed by atoms with Gasteiger partial charge in [-0.05, 0) is 23.8 Å². The summed E-state index contributed by atoms with van der Waals surface area (Å²) in [5, 5.41) is 11.2. The highest BCUT2D eigenvalue weighted by molar-refractivity contribution is 6.31. The van der Waals surface area contributed by atoms with Gasteiger partial charge in [-0.15, -0.1) is 5.10 Å². The number of nitrogens with two attached hydrogens (primary N) is 1. The molecule has 0 saturated carbocycles. The van der Waals surface area contributed by atoms with E-state index in [0.717, 1.165) is 5.56 Å². The Kier molecular flexibility index (Phi) is 4.55. The number of nitrogens with one attached hydrogen (secondary N) is 1. The summed E-state index contributed by atoms with van der Waals surface area (Å²) in [7, 11) is 0. The van der Waals surface area contributed by atoms with Gasteiger partial charge in [-0.1, -0.05) is 35.0 Å². The number of benzene rings is 2. The number of amides is 1.